The summed E-state index contributed by atoms with van der Waals surface area (Å²) < 4.78 is 8.14. The van der Waals surface area contributed by atoms with Gasteiger partial charge >= 0.3 is 0 Å². The highest BCUT2D eigenvalue weighted by molar-refractivity contribution is 7.22. The van der Waals surface area contributed by atoms with Crippen molar-refractivity contribution in [2.75, 3.05) is 25.6 Å². The number of aryl methyl sites for hydroxylation is 1. The van der Waals surface area contributed by atoms with E-state index in [0.29, 0.717) is 0 Å². The quantitative estimate of drug-likeness (QED) is 0.473. The lowest BCUT2D eigenvalue weighted by molar-refractivity contribution is -0.120. The number of methoxy groups -OCH3 is 1. The van der Waals surface area contributed by atoms with E-state index in [1.54, 1.807) is 18.4 Å². The summed E-state index contributed by atoms with van der Waals surface area (Å²) in [5.74, 6) is 0.700. The molecule has 0 bridgehead atoms. The Labute approximate surface area is 185 Å². The number of carbonyl (C=O) groups is 1. The first-order chi connectivity index (χ1) is 15.0. The van der Waals surface area contributed by atoms with Crippen LogP contribution in [0.5, 0.6) is 5.75 Å². The Hall–Kier alpha value is -3.39. The highest BCUT2D eigenvalue weighted by atomic mass is 32.1. The first-order valence-corrected chi connectivity index (χ1v) is 10.8. The third-order valence-electron chi connectivity index (χ3n) is 5.06. The van der Waals surface area contributed by atoms with Gasteiger partial charge in [0.05, 0.1) is 35.8 Å². The largest absolute Gasteiger partial charge is 0.497 e. The summed E-state index contributed by atoms with van der Waals surface area (Å²) in [5.41, 5.74) is 3.69. The van der Waals surface area contributed by atoms with Crippen molar-refractivity contribution in [3.05, 3.63) is 65.9 Å². The summed E-state index contributed by atoms with van der Waals surface area (Å²) in [6.45, 7) is 4.15. The maximum absolute atomic E-state index is 12.6. The van der Waals surface area contributed by atoms with E-state index in [0.717, 1.165) is 38.2 Å². The van der Waals surface area contributed by atoms with Gasteiger partial charge in [0, 0.05) is 7.05 Å². The van der Waals surface area contributed by atoms with Crippen LogP contribution >= 0.6 is 11.3 Å². The number of hydrogen-bond acceptors (Lipinski definition) is 6. The summed E-state index contributed by atoms with van der Waals surface area (Å²) in [5, 5.41) is 8.45. The number of nitrogens with one attached hydrogen (secondary N) is 1. The van der Waals surface area contributed by atoms with Gasteiger partial charge in [-0.25, -0.2) is 4.68 Å². The van der Waals surface area contributed by atoms with Gasteiger partial charge in [0.1, 0.15) is 5.75 Å². The van der Waals surface area contributed by atoms with Crippen molar-refractivity contribution in [2.24, 2.45) is 0 Å². The molecule has 0 radical (unpaired) electrons. The number of ether oxygens (including phenoxy) is 1. The van der Waals surface area contributed by atoms with Crippen LogP contribution in [0.1, 0.15) is 24.2 Å². The number of anilines is 1. The zero-order valence-corrected chi connectivity index (χ0v) is 18.8. The molecule has 2 aromatic heterocycles. The second-order valence-corrected chi connectivity index (χ2v) is 8.38. The standard InChI is InChI=1S/C23H25N5O2S/c1-15(17-9-8-12-19(13-17)30-4)24-20(29)14-27(3)23-25-22-21(31-23)16(2)26-28(22)18-10-6-5-7-11-18/h5-13,15H,14H2,1-4H3,(H,24,29)/t15-/m1/s1. The molecule has 7 nitrogen and oxygen atoms in total. The molecular weight excluding hydrogens is 410 g/mol. The fraction of sp³-hybridized carbons (Fsp3) is 0.261. The van der Waals surface area contributed by atoms with Crippen molar-refractivity contribution < 1.29 is 9.53 Å². The van der Waals surface area contributed by atoms with Crippen molar-refractivity contribution in [3.8, 4) is 11.4 Å². The number of thiazole rings is 1. The summed E-state index contributed by atoms with van der Waals surface area (Å²) in [6, 6.07) is 17.5. The number of carbonyl (C=O) groups excluding carboxylic acids is 1. The van der Waals surface area contributed by atoms with Crippen LogP contribution < -0.4 is 15.0 Å². The van der Waals surface area contributed by atoms with E-state index in [-0.39, 0.29) is 18.5 Å². The van der Waals surface area contributed by atoms with Gasteiger partial charge in [-0.05, 0) is 43.7 Å². The summed E-state index contributed by atoms with van der Waals surface area (Å²) in [6.07, 6.45) is 0. The molecule has 0 fully saturated rings. The SMILES string of the molecule is COc1cccc([C@@H](C)NC(=O)CN(C)c2nc3c(s2)c(C)nn3-c2ccccc2)c1. The Balaban J connectivity index is 1.48. The Morgan fingerprint density at radius 2 is 2.00 bits per heavy atom. The zero-order chi connectivity index (χ0) is 22.0. The molecule has 0 saturated heterocycles. The molecule has 0 spiro atoms. The van der Waals surface area contributed by atoms with E-state index >= 15 is 0 Å². The lowest BCUT2D eigenvalue weighted by Gasteiger charge is -2.19. The van der Waals surface area contributed by atoms with Gasteiger partial charge in [0.2, 0.25) is 5.91 Å². The van der Waals surface area contributed by atoms with Crippen LogP contribution in [0.2, 0.25) is 0 Å². The first-order valence-electron chi connectivity index (χ1n) is 10.0. The highest BCUT2D eigenvalue weighted by Crippen LogP contribution is 2.32. The molecule has 4 rings (SSSR count). The zero-order valence-electron chi connectivity index (χ0n) is 18.0. The van der Waals surface area contributed by atoms with E-state index in [9.17, 15) is 4.79 Å². The van der Waals surface area contributed by atoms with Crippen molar-refractivity contribution in [2.45, 2.75) is 19.9 Å². The number of aromatic nitrogens is 3. The first kappa shape index (κ1) is 20.9. The highest BCUT2D eigenvalue weighted by Gasteiger charge is 2.19. The average molecular weight is 436 g/mol. The molecule has 1 N–H and O–H groups in total. The Morgan fingerprint density at radius 3 is 2.74 bits per heavy atom. The van der Waals surface area contributed by atoms with E-state index in [4.69, 9.17) is 9.72 Å². The molecule has 4 aromatic rings. The minimum atomic E-state index is -0.125. The van der Waals surface area contributed by atoms with Gasteiger partial charge in [0.15, 0.2) is 10.8 Å². The summed E-state index contributed by atoms with van der Waals surface area (Å²) in [7, 11) is 3.51. The third-order valence-corrected chi connectivity index (χ3v) is 6.32. The predicted octanol–water partition coefficient (Wildman–Crippen LogP) is 4.11. The normalized spacial score (nSPS) is 12.0. The molecule has 0 aliphatic rings. The average Bonchev–Trinajstić information content (AvgIpc) is 3.35. The molecule has 1 amide bonds. The van der Waals surface area contributed by atoms with Gasteiger partial charge in [0.25, 0.3) is 0 Å². The van der Waals surface area contributed by atoms with Crippen LogP contribution in [0.3, 0.4) is 0 Å². The number of hydrogen-bond donors (Lipinski definition) is 1. The minimum absolute atomic E-state index is 0.0708. The monoisotopic (exact) mass is 435 g/mol. The van der Waals surface area contributed by atoms with Crippen molar-refractivity contribution in [1.82, 2.24) is 20.1 Å². The van der Waals surface area contributed by atoms with Crippen LogP contribution in [0.4, 0.5) is 5.13 Å². The van der Waals surface area contributed by atoms with Crippen molar-refractivity contribution in [1.29, 1.82) is 0 Å². The van der Waals surface area contributed by atoms with Gasteiger partial charge in [-0.2, -0.15) is 10.1 Å². The second-order valence-electron chi connectivity index (χ2n) is 7.40. The predicted molar refractivity (Wildman–Crippen MR) is 124 cm³/mol. The van der Waals surface area contributed by atoms with Crippen LogP contribution in [0.25, 0.3) is 16.0 Å². The number of amides is 1. The van der Waals surface area contributed by atoms with E-state index in [2.05, 4.69) is 10.4 Å². The fourth-order valence-electron chi connectivity index (χ4n) is 3.40. The molecular formula is C23H25N5O2S. The molecule has 2 aromatic carbocycles. The molecule has 1 atom stereocenters. The molecule has 0 saturated carbocycles. The van der Waals surface area contributed by atoms with Gasteiger partial charge in [-0.3, -0.25) is 4.79 Å². The van der Waals surface area contributed by atoms with Crippen molar-refractivity contribution in [3.63, 3.8) is 0 Å². The smallest absolute Gasteiger partial charge is 0.240 e. The van der Waals surface area contributed by atoms with Crippen molar-refractivity contribution >= 4 is 32.7 Å². The van der Waals surface area contributed by atoms with Crippen LogP contribution in [0, 0.1) is 6.92 Å². The van der Waals surface area contributed by atoms with E-state index in [1.165, 1.54) is 0 Å². The lowest BCUT2D eigenvalue weighted by Crippen LogP contribution is -2.36. The number of fused-ring (bicyclic) bond motifs is 1. The van der Waals surface area contributed by atoms with E-state index < -0.39 is 0 Å². The molecule has 0 aliphatic heterocycles. The van der Waals surface area contributed by atoms with E-state index in [1.807, 2.05) is 85.1 Å². The second kappa shape index (κ2) is 8.77. The maximum atomic E-state index is 12.6. The number of nitrogens with zero attached hydrogens (tertiary/aromatic N) is 4. The molecule has 160 valence electrons. The topological polar surface area (TPSA) is 72.3 Å². The molecule has 0 aliphatic carbocycles. The Bertz CT molecular complexity index is 1200. The number of rotatable bonds is 7. The number of benzene rings is 2. The molecule has 0 unspecified atom stereocenters. The Morgan fingerprint density at radius 1 is 1.23 bits per heavy atom. The van der Waals surface area contributed by atoms with Gasteiger partial charge < -0.3 is 15.0 Å². The summed E-state index contributed by atoms with van der Waals surface area (Å²) in [4.78, 5) is 19.3. The fourth-order valence-corrected chi connectivity index (χ4v) is 4.35. The van der Waals surface area contributed by atoms with Crippen LogP contribution in [0.15, 0.2) is 54.6 Å². The summed E-state index contributed by atoms with van der Waals surface area (Å²) >= 11 is 1.54. The molecule has 8 heteroatoms. The number of para-hydroxylation sites is 1. The molecule has 31 heavy (non-hydrogen) atoms. The maximum Gasteiger partial charge on any atom is 0.240 e. The molecule has 2 heterocycles. The van der Waals surface area contributed by atoms with Crippen LogP contribution in [-0.4, -0.2) is 41.4 Å². The lowest BCUT2D eigenvalue weighted by atomic mass is 10.1. The third kappa shape index (κ3) is 4.39. The van der Waals surface area contributed by atoms with Gasteiger partial charge in [-0.15, -0.1) is 0 Å². The minimum Gasteiger partial charge on any atom is -0.497 e. The Kier molecular flexibility index (Phi) is 5.90. The van der Waals surface area contributed by atoms with Crippen LogP contribution in [-0.2, 0) is 4.79 Å². The van der Waals surface area contributed by atoms with Gasteiger partial charge in [-0.1, -0.05) is 41.7 Å². The number of likely N-dealkylation sites (N-methyl/N-ethyl adjacent to an activating group) is 1.